The topological polar surface area (TPSA) is 15.7 Å². The lowest BCUT2D eigenvalue weighted by Crippen LogP contribution is -2.47. The van der Waals surface area contributed by atoms with Crippen LogP contribution in [0, 0.1) is 0 Å². The van der Waals surface area contributed by atoms with Crippen molar-refractivity contribution >= 4 is 5.69 Å². The third kappa shape index (κ3) is 4.76. The molecule has 0 saturated carbocycles. The number of hydrogen-bond acceptors (Lipinski definition) is 3. The van der Waals surface area contributed by atoms with Crippen molar-refractivity contribution in [2.24, 2.45) is 0 Å². The van der Waals surface area contributed by atoms with E-state index in [0.29, 0.717) is 0 Å². The first-order chi connectivity index (χ1) is 13.6. The van der Waals surface area contributed by atoms with Gasteiger partial charge in [0.1, 0.15) is 0 Å². The van der Waals surface area contributed by atoms with Gasteiger partial charge in [-0.15, -0.1) is 0 Å². The molecule has 1 saturated heterocycles. The second-order valence-corrected chi connectivity index (χ2v) is 8.21. The molecule has 0 amide bonds. The van der Waals surface area contributed by atoms with Crippen LogP contribution >= 0.6 is 0 Å². The molecule has 0 bridgehead atoms. The molecule has 1 aliphatic rings. The number of morpholine rings is 1. The molecular formula is C25H36N2O. The molecule has 1 fully saturated rings. The molecule has 152 valence electrons. The van der Waals surface area contributed by atoms with E-state index in [9.17, 15) is 0 Å². The van der Waals surface area contributed by atoms with Gasteiger partial charge in [-0.3, -0.25) is 0 Å². The maximum absolute atomic E-state index is 5.48. The summed E-state index contributed by atoms with van der Waals surface area (Å²) in [6.07, 6.45) is 4.38. The number of nitrogens with zero attached hydrogens (tertiary/aromatic N) is 2. The van der Waals surface area contributed by atoms with Crippen molar-refractivity contribution in [1.82, 2.24) is 4.90 Å². The predicted molar refractivity (Wildman–Crippen MR) is 119 cm³/mol. The van der Waals surface area contributed by atoms with E-state index in [0.717, 1.165) is 52.0 Å². The third-order valence-corrected chi connectivity index (χ3v) is 6.47. The second-order valence-electron chi connectivity index (χ2n) is 8.21. The molecule has 0 spiro atoms. The summed E-state index contributed by atoms with van der Waals surface area (Å²) in [5.41, 5.74) is 5.83. The summed E-state index contributed by atoms with van der Waals surface area (Å²) in [7, 11) is 4.47. The Hall–Kier alpha value is -1.84. The van der Waals surface area contributed by atoms with Crippen molar-refractivity contribution in [1.29, 1.82) is 0 Å². The molecule has 3 rings (SSSR count). The smallest absolute Gasteiger partial charge is 0.0642 e. The van der Waals surface area contributed by atoms with E-state index in [1.165, 1.54) is 22.4 Å². The van der Waals surface area contributed by atoms with Crippen molar-refractivity contribution < 1.29 is 4.74 Å². The first-order valence-corrected chi connectivity index (χ1v) is 10.7. The summed E-state index contributed by atoms with van der Waals surface area (Å²) in [6.45, 7) is 8.23. The third-order valence-electron chi connectivity index (χ3n) is 6.47. The quantitative estimate of drug-likeness (QED) is 0.667. The van der Waals surface area contributed by atoms with Gasteiger partial charge in [-0.1, -0.05) is 50.2 Å². The highest BCUT2D eigenvalue weighted by Gasteiger charge is 2.32. The standard InChI is InChI=1S/C25H36N2O/c1-5-22-9-7-8-10-23(22)20-25(6-2,26(3)4)19-21-11-13-24(14-12-21)27-15-17-28-18-16-27/h7-14H,5-6,15-20H2,1-4H3. The monoisotopic (exact) mass is 380 g/mol. The number of benzene rings is 2. The number of hydrogen-bond donors (Lipinski definition) is 0. The molecule has 0 N–H and O–H groups in total. The minimum atomic E-state index is 0.131. The van der Waals surface area contributed by atoms with Crippen LogP contribution in [0.4, 0.5) is 5.69 Å². The molecule has 1 heterocycles. The van der Waals surface area contributed by atoms with Gasteiger partial charge in [0.2, 0.25) is 0 Å². The van der Waals surface area contributed by atoms with Crippen molar-refractivity contribution in [2.75, 3.05) is 45.3 Å². The van der Waals surface area contributed by atoms with Crippen molar-refractivity contribution in [3.8, 4) is 0 Å². The highest BCUT2D eigenvalue weighted by molar-refractivity contribution is 5.48. The van der Waals surface area contributed by atoms with Crippen molar-refractivity contribution in [2.45, 2.75) is 45.1 Å². The van der Waals surface area contributed by atoms with E-state index >= 15 is 0 Å². The largest absolute Gasteiger partial charge is 0.378 e. The lowest BCUT2D eigenvalue weighted by Gasteiger charge is -2.40. The van der Waals surface area contributed by atoms with E-state index in [-0.39, 0.29) is 5.54 Å². The van der Waals surface area contributed by atoms with Crippen LogP contribution < -0.4 is 4.90 Å². The van der Waals surface area contributed by atoms with Gasteiger partial charge in [0.25, 0.3) is 0 Å². The molecule has 1 aliphatic heterocycles. The van der Waals surface area contributed by atoms with Gasteiger partial charge in [-0.25, -0.2) is 0 Å². The molecule has 3 nitrogen and oxygen atoms in total. The fourth-order valence-corrected chi connectivity index (χ4v) is 4.40. The minimum absolute atomic E-state index is 0.131. The first-order valence-electron chi connectivity index (χ1n) is 10.7. The molecule has 0 radical (unpaired) electrons. The maximum atomic E-state index is 5.48. The summed E-state index contributed by atoms with van der Waals surface area (Å²) >= 11 is 0. The summed E-state index contributed by atoms with van der Waals surface area (Å²) < 4.78 is 5.48. The Morgan fingerprint density at radius 3 is 2.11 bits per heavy atom. The molecule has 0 aliphatic carbocycles. The Morgan fingerprint density at radius 1 is 0.893 bits per heavy atom. The Balaban J connectivity index is 1.80. The SMILES string of the molecule is CCc1ccccc1CC(CC)(Cc1ccc(N2CCOCC2)cc1)N(C)C. The fourth-order valence-electron chi connectivity index (χ4n) is 4.40. The van der Waals surface area contributed by atoms with E-state index in [4.69, 9.17) is 4.74 Å². The highest BCUT2D eigenvalue weighted by Crippen LogP contribution is 2.30. The van der Waals surface area contributed by atoms with Gasteiger partial charge in [0.05, 0.1) is 13.2 Å². The Labute approximate surface area is 171 Å². The number of anilines is 1. The van der Waals surface area contributed by atoms with Gasteiger partial charge in [-0.2, -0.15) is 0 Å². The van der Waals surface area contributed by atoms with E-state index in [2.05, 4.69) is 86.3 Å². The normalized spacial score (nSPS) is 17.0. The van der Waals surface area contributed by atoms with Crippen LogP contribution in [0.15, 0.2) is 48.5 Å². The fraction of sp³-hybridized carbons (Fsp3) is 0.520. The van der Waals surface area contributed by atoms with Crippen LogP contribution in [-0.2, 0) is 24.0 Å². The summed E-state index contributed by atoms with van der Waals surface area (Å²) in [5, 5.41) is 0. The molecule has 2 aromatic rings. The van der Waals surface area contributed by atoms with Gasteiger partial charge < -0.3 is 14.5 Å². The lowest BCUT2D eigenvalue weighted by molar-refractivity contribution is 0.122. The molecule has 1 atom stereocenters. The number of rotatable bonds is 8. The van der Waals surface area contributed by atoms with Gasteiger partial charge >= 0.3 is 0 Å². The average Bonchev–Trinajstić information content (AvgIpc) is 2.74. The highest BCUT2D eigenvalue weighted by atomic mass is 16.5. The molecule has 2 aromatic carbocycles. The van der Waals surface area contributed by atoms with Crippen LogP contribution in [0.3, 0.4) is 0 Å². The zero-order valence-electron chi connectivity index (χ0n) is 18.1. The van der Waals surface area contributed by atoms with Crippen molar-refractivity contribution in [3.05, 3.63) is 65.2 Å². The van der Waals surface area contributed by atoms with E-state index in [1.54, 1.807) is 0 Å². The zero-order chi connectivity index (χ0) is 20.0. The molecule has 28 heavy (non-hydrogen) atoms. The van der Waals surface area contributed by atoms with Gasteiger partial charge in [0, 0.05) is 24.3 Å². The summed E-state index contributed by atoms with van der Waals surface area (Å²) in [5.74, 6) is 0. The summed E-state index contributed by atoms with van der Waals surface area (Å²) in [6, 6.07) is 18.2. The number of ether oxygens (including phenoxy) is 1. The van der Waals surface area contributed by atoms with Crippen LogP contribution in [0.5, 0.6) is 0 Å². The predicted octanol–water partition coefficient (Wildman–Crippen LogP) is 4.58. The van der Waals surface area contributed by atoms with E-state index in [1.807, 2.05) is 0 Å². The van der Waals surface area contributed by atoms with Crippen LogP contribution in [0.2, 0.25) is 0 Å². The number of likely N-dealkylation sites (N-methyl/N-ethyl adjacent to an activating group) is 1. The Kier molecular flexibility index (Phi) is 7.14. The Bertz CT molecular complexity index is 734. The maximum Gasteiger partial charge on any atom is 0.0642 e. The Morgan fingerprint density at radius 2 is 1.54 bits per heavy atom. The second kappa shape index (κ2) is 9.58. The van der Waals surface area contributed by atoms with Crippen molar-refractivity contribution in [3.63, 3.8) is 0 Å². The van der Waals surface area contributed by atoms with Gasteiger partial charge in [0.15, 0.2) is 0 Å². The molecule has 3 heteroatoms. The molecular weight excluding hydrogens is 344 g/mol. The molecule has 0 aromatic heterocycles. The number of aryl methyl sites for hydroxylation is 1. The van der Waals surface area contributed by atoms with Crippen LogP contribution in [0.25, 0.3) is 0 Å². The lowest BCUT2D eigenvalue weighted by atomic mass is 9.80. The average molecular weight is 381 g/mol. The minimum Gasteiger partial charge on any atom is -0.378 e. The van der Waals surface area contributed by atoms with E-state index < -0.39 is 0 Å². The van der Waals surface area contributed by atoms with Gasteiger partial charge in [-0.05, 0) is 68.6 Å². The van der Waals surface area contributed by atoms with Crippen LogP contribution in [-0.4, -0.2) is 50.8 Å². The summed E-state index contributed by atoms with van der Waals surface area (Å²) in [4.78, 5) is 4.86. The molecule has 1 unspecified atom stereocenters. The first kappa shape index (κ1) is 20.9. The zero-order valence-corrected chi connectivity index (χ0v) is 18.1. The van der Waals surface area contributed by atoms with Crippen LogP contribution in [0.1, 0.15) is 37.0 Å².